The lowest BCUT2D eigenvalue weighted by atomic mass is 10.2. The van der Waals surface area contributed by atoms with Crippen molar-refractivity contribution in [3.05, 3.63) is 74.6 Å². The molecule has 0 radical (unpaired) electrons. The lowest BCUT2D eigenvalue weighted by Gasteiger charge is -2.12. The van der Waals surface area contributed by atoms with Crippen LogP contribution in [-0.2, 0) is 11.3 Å². The Morgan fingerprint density at radius 1 is 1.13 bits per heavy atom. The van der Waals surface area contributed by atoms with Crippen molar-refractivity contribution in [1.29, 1.82) is 0 Å². The number of benzene rings is 2. The molecule has 12 heteroatoms. The number of para-hydroxylation sites is 2. The first-order valence-electron chi connectivity index (χ1n) is 8.85. The van der Waals surface area contributed by atoms with Gasteiger partial charge in [0.2, 0.25) is 5.91 Å². The van der Waals surface area contributed by atoms with Gasteiger partial charge in [-0.25, -0.2) is 0 Å². The third-order valence-electron chi connectivity index (χ3n) is 4.11. The summed E-state index contributed by atoms with van der Waals surface area (Å²) in [5, 5.41) is 28.6. The molecule has 2 aromatic carbocycles. The van der Waals surface area contributed by atoms with E-state index in [1.54, 1.807) is 24.3 Å². The molecule has 0 saturated carbocycles. The molecule has 0 bridgehead atoms. The maximum atomic E-state index is 12.4. The largest absolute Gasteiger partial charge is 0.493 e. The van der Waals surface area contributed by atoms with Crippen LogP contribution in [0.2, 0.25) is 0 Å². The molecule has 1 amide bonds. The zero-order chi connectivity index (χ0) is 22.5. The first-order valence-corrected chi connectivity index (χ1v) is 8.85. The van der Waals surface area contributed by atoms with Crippen LogP contribution in [0, 0.1) is 27.2 Å². The fourth-order valence-corrected chi connectivity index (χ4v) is 2.77. The van der Waals surface area contributed by atoms with E-state index >= 15 is 0 Å². The van der Waals surface area contributed by atoms with Gasteiger partial charge in [0.1, 0.15) is 24.2 Å². The lowest BCUT2D eigenvalue weighted by molar-refractivity contribution is -0.385. The molecule has 1 N–H and O–H groups in total. The van der Waals surface area contributed by atoms with Crippen molar-refractivity contribution < 1.29 is 24.1 Å². The summed E-state index contributed by atoms with van der Waals surface area (Å²) in [5.41, 5.74) is -0.230. The van der Waals surface area contributed by atoms with Crippen LogP contribution in [-0.4, -0.2) is 32.6 Å². The highest BCUT2D eigenvalue weighted by molar-refractivity contribution is 5.91. The Labute approximate surface area is 175 Å². The van der Waals surface area contributed by atoms with Gasteiger partial charge < -0.3 is 14.8 Å². The number of ether oxygens (including phenoxy) is 2. The zero-order valence-electron chi connectivity index (χ0n) is 16.5. The Kier molecular flexibility index (Phi) is 6.10. The maximum absolute atomic E-state index is 12.4. The molecule has 0 aliphatic heterocycles. The summed E-state index contributed by atoms with van der Waals surface area (Å²) in [6, 6.07) is 10.5. The van der Waals surface area contributed by atoms with Crippen molar-refractivity contribution >= 4 is 23.0 Å². The van der Waals surface area contributed by atoms with E-state index in [0.29, 0.717) is 11.5 Å². The molecule has 0 aliphatic carbocycles. The van der Waals surface area contributed by atoms with Crippen molar-refractivity contribution in [2.45, 2.75) is 13.5 Å². The van der Waals surface area contributed by atoms with Crippen LogP contribution < -0.4 is 14.8 Å². The summed E-state index contributed by atoms with van der Waals surface area (Å²) in [6.07, 6.45) is 1.14. The minimum Gasteiger partial charge on any atom is -0.493 e. The lowest BCUT2D eigenvalue weighted by Crippen LogP contribution is -2.19. The van der Waals surface area contributed by atoms with E-state index in [0.717, 1.165) is 10.9 Å². The van der Waals surface area contributed by atoms with Crippen molar-refractivity contribution in [3.63, 3.8) is 0 Å². The molecular weight excluding hydrogens is 410 g/mol. The van der Waals surface area contributed by atoms with Crippen LogP contribution >= 0.6 is 0 Å². The Hall–Kier alpha value is -4.48. The van der Waals surface area contributed by atoms with Crippen molar-refractivity contribution in [2.75, 3.05) is 12.4 Å². The molecule has 0 unspecified atom stereocenters. The highest BCUT2D eigenvalue weighted by atomic mass is 16.6. The smallest absolute Gasteiger partial charge is 0.309 e. The number of carbonyl (C=O) groups is 1. The third-order valence-corrected chi connectivity index (χ3v) is 4.11. The highest BCUT2D eigenvalue weighted by Gasteiger charge is 2.18. The Bertz CT molecular complexity index is 1160. The second kappa shape index (κ2) is 8.90. The van der Waals surface area contributed by atoms with Gasteiger partial charge in [0.05, 0.1) is 28.7 Å². The predicted octanol–water partition coefficient (Wildman–Crippen LogP) is 3.45. The van der Waals surface area contributed by atoms with Crippen molar-refractivity contribution in [1.82, 2.24) is 9.78 Å². The number of hydrogen-bond donors (Lipinski definition) is 1. The minimum atomic E-state index is -0.620. The molecule has 0 saturated heterocycles. The van der Waals surface area contributed by atoms with E-state index in [4.69, 9.17) is 9.47 Å². The molecule has 1 aromatic heterocycles. The van der Waals surface area contributed by atoms with Crippen LogP contribution in [0.5, 0.6) is 17.2 Å². The second-order valence-electron chi connectivity index (χ2n) is 6.33. The number of carbonyl (C=O) groups excluding carboxylic acids is 1. The summed E-state index contributed by atoms with van der Waals surface area (Å²) in [7, 11) is 1.46. The quantitative estimate of drug-likeness (QED) is 0.424. The van der Waals surface area contributed by atoms with Crippen molar-refractivity contribution in [3.8, 4) is 17.2 Å². The molecule has 3 aromatic rings. The summed E-state index contributed by atoms with van der Waals surface area (Å²) < 4.78 is 12.0. The van der Waals surface area contributed by atoms with Crippen LogP contribution in [0.1, 0.15) is 5.69 Å². The molecular formula is C19H17N5O7. The number of nitro benzene ring substituents is 1. The zero-order valence-corrected chi connectivity index (χ0v) is 16.5. The van der Waals surface area contributed by atoms with E-state index in [2.05, 4.69) is 10.4 Å². The van der Waals surface area contributed by atoms with Crippen molar-refractivity contribution in [2.24, 2.45) is 0 Å². The van der Waals surface area contributed by atoms with Gasteiger partial charge in [0.25, 0.3) is 5.69 Å². The fraction of sp³-hybridized carbons (Fsp3) is 0.158. The normalized spacial score (nSPS) is 10.4. The molecule has 0 atom stereocenters. The van der Waals surface area contributed by atoms with Gasteiger partial charge in [-0.05, 0) is 19.1 Å². The van der Waals surface area contributed by atoms with Gasteiger partial charge in [0.15, 0.2) is 11.5 Å². The molecule has 12 nitrogen and oxygen atoms in total. The third kappa shape index (κ3) is 5.12. The van der Waals surface area contributed by atoms with Crippen LogP contribution in [0.4, 0.5) is 17.1 Å². The van der Waals surface area contributed by atoms with Crippen LogP contribution in [0.3, 0.4) is 0 Å². The Morgan fingerprint density at radius 3 is 2.45 bits per heavy atom. The topological polar surface area (TPSA) is 152 Å². The standard InChI is InChI=1S/C19H17N5O7/c1-12-16(24(28)29)10-22(21-12)11-19(25)20-13-7-14(23(26)27)9-15(8-13)31-18-6-4-3-5-17(18)30-2/h3-10H,11H2,1-2H3,(H,20,25). The summed E-state index contributed by atoms with van der Waals surface area (Å²) in [5.74, 6) is 0.290. The van der Waals surface area contributed by atoms with Gasteiger partial charge in [-0.15, -0.1) is 0 Å². The number of methoxy groups -OCH3 is 1. The molecule has 0 aliphatic rings. The maximum Gasteiger partial charge on any atom is 0.309 e. The number of rotatable bonds is 8. The van der Waals surface area contributed by atoms with Gasteiger partial charge in [-0.3, -0.25) is 29.7 Å². The number of amides is 1. The molecule has 160 valence electrons. The highest BCUT2D eigenvalue weighted by Crippen LogP contribution is 2.34. The molecule has 0 fully saturated rings. The number of non-ortho nitro benzene ring substituents is 1. The first-order chi connectivity index (χ1) is 14.8. The van der Waals surface area contributed by atoms with Gasteiger partial charge in [-0.1, -0.05) is 12.1 Å². The number of hydrogen-bond acceptors (Lipinski definition) is 8. The van der Waals surface area contributed by atoms with Crippen LogP contribution in [0.25, 0.3) is 0 Å². The summed E-state index contributed by atoms with van der Waals surface area (Å²) in [4.78, 5) is 33.3. The van der Waals surface area contributed by atoms with E-state index in [9.17, 15) is 25.0 Å². The van der Waals surface area contributed by atoms with E-state index < -0.39 is 15.8 Å². The predicted molar refractivity (Wildman–Crippen MR) is 108 cm³/mol. The first kappa shape index (κ1) is 21.2. The second-order valence-corrected chi connectivity index (χ2v) is 6.33. The molecule has 1 heterocycles. The summed E-state index contributed by atoms with van der Waals surface area (Å²) in [6.45, 7) is 1.13. The fourth-order valence-electron chi connectivity index (χ4n) is 2.77. The number of anilines is 1. The SMILES string of the molecule is COc1ccccc1Oc1cc(NC(=O)Cn2cc([N+](=O)[O-])c(C)n2)cc([N+](=O)[O-])c1. The number of nitrogens with one attached hydrogen (secondary N) is 1. The molecule has 31 heavy (non-hydrogen) atoms. The van der Waals surface area contributed by atoms with Crippen LogP contribution in [0.15, 0.2) is 48.7 Å². The average molecular weight is 427 g/mol. The molecule has 0 spiro atoms. The van der Waals surface area contributed by atoms with E-state index in [-0.39, 0.29) is 35.1 Å². The number of aryl methyl sites for hydroxylation is 1. The number of aromatic nitrogens is 2. The number of nitro groups is 2. The summed E-state index contributed by atoms with van der Waals surface area (Å²) >= 11 is 0. The Balaban J connectivity index is 1.82. The van der Waals surface area contributed by atoms with E-state index in [1.165, 1.54) is 32.2 Å². The number of nitrogens with zero attached hydrogens (tertiary/aromatic N) is 4. The van der Waals surface area contributed by atoms with Gasteiger partial charge in [-0.2, -0.15) is 5.10 Å². The average Bonchev–Trinajstić information content (AvgIpc) is 3.08. The monoisotopic (exact) mass is 427 g/mol. The van der Waals surface area contributed by atoms with Gasteiger partial charge in [0, 0.05) is 12.1 Å². The Morgan fingerprint density at radius 2 is 1.84 bits per heavy atom. The minimum absolute atomic E-state index is 0.111. The molecule has 3 rings (SSSR count). The van der Waals surface area contributed by atoms with E-state index in [1.807, 2.05) is 0 Å². The van der Waals surface area contributed by atoms with Gasteiger partial charge >= 0.3 is 5.69 Å².